The summed E-state index contributed by atoms with van der Waals surface area (Å²) in [6.45, 7) is 0. The van der Waals surface area contributed by atoms with Crippen LogP contribution in [-0.4, -0.2) is 12.1 Å². The highest BCUT2D eigenvalue weighted by atomic mass is 16.5. The molecule has 1 atom stereocenters. The lowest BCUT2D eigenvalue weighted by Crippen LogP contribution is -2.27. The summed E-state index contributed by atoms with van der Waals surface area (Å²) in [5.74, 6) is 1.48. The van der Waals surface area contributed by atoms with Crippen LogP contribution in [0.4, 0.5) is 0 Å². The molecule has 3 heteroatoms. The number of rotatable bonds is 3. The summed E-state index contributed by atoms with van der Waals surface area (Å²) in [6.07, 6.45) is 7.33. The van der Waals surface area contributed by atoms with E-state index in [4.69, 9.17) is 10.5 Å². The Morgan fingerprint density at radius 3 is 2.93 bits per heavy atom. The first-order valence-electron chi connectivity index (χ1n) is 5.06. The number of ether oxygens (including phenoxy) is 1. The zero-order valence-corrected chi connectivity index (χ0v) is 8.44. The molecule has 1 aromatic heterocycles. The van der Waals surface area contributed by atoms with Crippen molar-refractivity contribution < 1.29 is 4.74 Å². The monoisotopic (exact) mass is 192 g/mol. The van der Waals surface area contributed by atoms with Crippen molar-refractivity contribution in [1.29, 1.82) is 0 Å². The maximum Gasteiger partial charge on any atom is 0.126 e. The molecule has 0 radical (unpaired) electrons. The summed E-state index contributed by atoms with van der Waals surface area (Å²) < 4.78 is 5.27. The Hall–Kier alpha value is -1.09. The van der Waals surface area contributed by atoms with Crippen LogP contribution in [0.3, 0.4) is 0 Å². The van der Waals surface area contributed by atoms with Crippen molar-refractivity contribution in [3.05, 3.63) is 24.0 Å². The zero-order chi connectivity index (χ0) is 9.97. The van der Waals surface area contributed by atoms with E-state index in [1.807, 2.05) is 12.3 Å². The van der Waals surface area contributed by atoms with Crippen molar-refractivity contribution in [3.8, 4) is 5.75 Å². The minimum Gasteiger partial charge on any atom is -0.496 e. The molecule has 1 heterocycles. The van der Waals surface area contributed by atoms with Gasteiger partial charge in [0.1, 0.15) is 5.75 Å². The lowest BCUT2D eigenvalue weighted by atomic mass is 9.78. The van der Waals surface area contributed by atoms with Gasteiger partial charge in [-0.2, -0.15) is 0 Å². The van der Waals surface area contributed by atoms with Crippen LogP contribution in [0.2, 0.25) is 0 Å². The average Bonchev–Trinajstić information content (AvgIpc) is 2.15. The van der Waals surface area contributed by atoms with Crippen LogP contribution in [-0.2, 0) is 0 Å². The van der Waals surface area contributed by atoms with Crippen molar-refractivity contribution >= 4 is 0 Å². The van der Waals surface area contributed by atoms with Crippen LogP contribution in [0.25, 0.3) is 0 Å². The second kappa shape index (κ2) is 3.96. The molecule has 0 amide bonds. The van der Waals surface area contributed by atoms with Crippen LogP contribution >= 0.6 is 0 Å². The molecule has 0 saturated heterocycles. The Labute approximate surface area is 84.3 Å². The molecule has 0 spiro atoms. The SMILES string of the molecule is COc1ccncc1C(N)C1CCC1. The lowest BCUT2D eigenvalue weighted by Gasteiger charge is -2.31. The molecule has 14 heavy (non-hydrogen) atoms. The molecule has 1 aliphatic carbocycles. The number of nitrogens with two attached hydrogens (primary N) is 1. The molecular weight excluding hydrogens is 176 g/mol. The third-order valence-electron chi connectivity index (χ3n) is 3.05. The summed E-state index contributed by atoms with van der Waals surface area (Å²) in [4.78, 5) is 4.10. The third-order valence-corrected chi connectivity index (χ3v) is 3.05. The van der Waals surface area contributed by atoms with Gasteiger partial charge in [-0.3, -0.25) is 4.98 Å². The first-order chi connectivity index (χ1) is 6.83. The molecule has 0 aromatic carbocycles. The molecule has 1 unspecified atom stereocenters. The van der Waals surface area contributed by atoms with E-state index in [1.54, 1.807) is 13.3 Å². The third kappa shape index (κ3) is 1.60. The van der Waals surface area contributed by atoms with Crippen LogP contribution in [0.5, 0.6) is 5.75 Å². The van der Waals surface area contributed by atoms with Gasteiger partial charge in [-0.1, -0.05) is 6.42 Å². The van der Waals surface area contributed by atoms with Crippen LogP contribution in [0, 0.1) is 5.92 Å². The molecule has 1 aliphatic rings. The zero-order valence-electron chi connectivity index (χ0n) is 8.44. The fourth-order valence-corrected chi connectivity index (χ4v) is 1.88. The number of pyridine rings is 1. The summed E-state index contributed by atoms with van der Waals surface area (Å²) >= 11 is 0. The number of hydrogen-bond acceptors (Lipinski definition) is 3. The van der Waals surface area contributed by atoms with Crippen molar-refractivity contribution in [3.63, 3.8) is 0 Å². The summed E-state index contributed by atoms with van der Waals surface area (Å²) in [5.41, 5.74) is 7.20. The molecule has 76 valence electrons. The van der Waals surface area contributed by atoms with E-state index in [0.717, 1.165) is 11.3 Å². The minimum atomic E-state index is 0.0902. The van der Waals surface area contributed by atoms with E-state index in [9.17, 15) is 0 Å². The number of methoxy groups -OCH3 is 1. The predicted octanol–water partition coefficient (Wildman–Crippen LogP) is 1.89. The van der Waals surface area contributed by atoms with Crippen LogP contribution in [0.1, 0.15) is 30.9 Å². The maximum atomic E-state index is 6.16. The first-order valence-corrected chi connectivity index (χ1v) is 5.06. The first kappa shape index (κ1) is 9.46. The Morgan fingerprint density at radius 2 is 2.36 bits per heavy atom. The summed E-state index contributed by atoms with van der Waals surface area (Å²) in [5, 5.41) is 0. The van der Waals surface area contributed by atoms with Crippen molar-refractivity contribution in [2.45, 2.75) is 25.3 Å². The smallest absolute Gasteiger partial charge is 0.126 e. The van der Waals surface area contributed by atoms with E-state index in [1.165, 1.54) is 19.3 Å². The number of nitrogens with zero attached hydrogens (tertiary/aromatic N) is 1. The second-order valence-electron chi connectivity index (χ2n) is 3.83. The Morgan fingerprint density at radius 1 is 1.57 bits per heavy atom. The molecule has 1 aromatic rings. The van der Waals surface area contributed by atoms with E-state index in [-0.39, 0.29) is 6.04 Å². The molecule has 1 saturated carbocycles. The Balaban J connectivity index is 2.20. The van der Waals surface area contributed by atoms with Gasteiger partial charge in [0.2, 0.25) is 0 Å². The van der Waals surface area contributed by atoms with Gasteiger partial charge in [0.05, 0.1) is 7.11 Å². The quantitative estimate of drug-likeness (QED) is 0.795. The molecule has 0 aliphatic heterocycles. The van der Waals surface area contributed by atoms with E-state index in [2.05, 4.69) is 4.98 Å². The largest absolute Gasteiger partial charge is 0.496 e. The van der Waals surface area contributed by atoms with Crippen molar-refractivity contribution in [2.24, 2.45) is 11.7 Å². The van der Waals surface area contributed by atoms with Crippen LogP contribution in [0.15, 0.2) is 18.5 Å². The molecule has 3 nitrogen and oxygen atoms in total. The predicted molar refractivity (Wildman–Crippen MR) is 55.1 cm³/mol. The highest BCUT2D eigenvalue weighted by Crippen LogP contribution is 2.38. The molecule has 0 bridgehead atoms. The standard InChI is InChI=1S/C11H16N2O/c1-14-10-5-6-13-7-9(10)11(12)8-3-2-4-8/h5-8,11H,2-4,12H2,1H3. The normalized spacial score (nSPS) is 18.7. The van der Waals surface area contributed by atoms with E-state index in [0.29, 0.717) is 5.92 Å². The average molecular weight is 192 g/mol. The Kier molecular flexibility index (Phi) is 2.68. The minimum absolute atomic E-state index is 0.0902. The van der Waals surface area contributed by atoms with Gasteiger partial charge in [0.25, 0.3) is 0 Å². The van der Waals surface area contributed by atoms with Gasteiger partial charge in [0.15, 0.2) is 0 Å². The molecular formula is C11H16N2O. The van der Waals surface area contributed by atoms with Gasteiger partial charge in [-0.25, -0.2) is 0 Å². The highest BCUT2D eigenvalue weighted by molar-refractivity contribution is 5.33. The van der Waals surface area contributed by atoms with Gasteiger partial charge in [-0.15, -0.1) is 0 Å². The van der Waals surface area contributed by atoms with E-state index >= 15 is 0 Å². The fourth-order valence-electron chi connectivity index (χ4n) is 1.88. The van der Waals surface area contributed by atoms with Crippen molar-refractivity contribution in [2.75, 3.05) is 7.11 Å². The fraction of sp³-hybridized carbons (Fsp3) is 0.545. The maximum absolute atomic E-state index is 6.16. The molecule has 2 rings (SSSR count). The molecule has 2 N–H and O–H groups in total. The summed E-state index contributed by atoms with van der Waals surface area (Å²) in [7, 11) is 1.67. The highest BCUT2D eigenvalue weighted by Gasteiger charge is 2.27. The molecule has 1 fully saturated rings. The number of hydrogen-bond donors (Lipinski definition) is 1. The van der Waals surface area contributed by atoms with E-state index < -0.39 is 0 Å². The van der Waals surface area contributed by atoms with Gasteiger partial charge in [-0.05, 0) is 24.8 Å². The Bertz CT molecular complexity index is 310. The number of aromatic nitrogens is 1. The van der Waals surface area contributed by atoms with Gasteiger partial charge >= 0.3 is 0 Å². The van der Waals surface area contributed by atoms with Gasteiger partial charge < -0.3 is 10.5 Å². The topological polar surface area (TPSA) is 48.1 Å². The summed E-state index contributed by atoms with van der Waals surface area (Å²) in [6, 6.07) is 1.96. The van der Waals surface area contributed by atoms with Crippen LogP contribution < -0.4 is 10.5 Å². The van der Waals surface area contributed by atoms with Gasteiger partial charge in [0, 0.05) is 24.0 Å². The second-order valence-corrected chi connectivity index (χ2v) is 3.83. The van der Waals surface area contributed by atoms with Crippen molar-refractivity contribution in [1.82, 2.24) is 4.98 Å². The lowest BCUT2D eigenvalue weighted by molar-refractivity contribution is 0.259.